The predicted octanol–water partition coefficient (Wildman–Crippen LogP) is 4.72. The van der Waals surface area contributed by atoms with E-state index in [1.165, 1.54) is 48.5 Å². The van der Waals surface area contributed by atoms with Crippen molar-refractivity contribution in [3.05, 3.63) is 0 Å². The van der Waals surface area contributed by atoms with Crippen LogP contribution in [0.15, 0.2) is 0 Å². The quantitative estimate of drug-likeness (QED) is 0.0921. The molecule has 0 aliphatic carbocycles. The molecule has 0 aromatic rings. The molecule has 0 aromatic carbocycles. The Balaban J connectivity index is 3.41. The molecule has 0 spiro atoms. The van der Waals surface area contributed by atoms with Gasteiger partial charge in [0.2, 0.25) is 0 Å². The third-order valence-electron chi connectivity index (χ3n) is 8.86. The number of carbonyl (C=O) groups excluding carboxylic acids is 7. The van der Waals surface area contributed by atoms with Gasteiger partial charge in [-0.2, -0.15) is 0 Å². The Kier molecular flexibility index (Phi) is 24.2. The fourth-order valence-electron chi connectivity index (χ4n) is 7.02. The first-order valence-corrected chi connectivity index (χ1v) is 19.9. The van der Waals surface area contributed by atoms with Crippen LogP contribution in [0.4, 0.5) is 0 Å². The number of rotatable bonds is 26. The van der Waals surface area contributed by atoms with Gasteiger partial charge in [-0.15, -0.1) is 0 Å². The number of carbonyl (C=O) groups is 7. The minimum atomic E-state index is -1.05. The van der Waals surface area contributed by atoms with Gasteiger partial charge in [-0.3, -0.25) is 33.6 Å². The molecule has 1 saturated heterocycles. The molecule has 0 radical (unpaired) electrons. The largest absolute Gasteiger partial charge is 0.462 e. The van der Waals surface area contributed by atoms with E-state index in [4.69, 9.17) is 42.6 Å². The average molecular weight is 819 g/mol. The molecule has 17 nitrogen and oxygen atoms in total. The van der Waals surface area contributed by atoms with Gasteiger partial charge in [-0.05, 0) is 26.2 Å². The van der Waals surface area contributed by atoms with Crippen LogP contribution < -0.4 is 0 Å². The van der Waals surface area contributed by atoms with Crippen molar-refractivity contribution in [2.75, 3.05) is 0 Å². The molecule has 57 heavy (non-hydrogen) atoms. The number of aliphatic hydroxyl groups is 1. The van der Waals surface area contributed by atoms with Crippen LogP contribution in [-0.4, -0.2) is 114 Å². The van der Waals surface area contributed by atoms with Crippen molar-refractivity contribution in [1.29, 1.82) is 0 Å². The molecule has 1 aliphatic rings. The molecular weight excluding hydrogens is 752 g/mol. The van der Waals surface area contributed by atoms with Crippen LogP contribution in [0.25, 0.3) is 0 Å². The molecule has 1 fully saturated rings. The van der Waals surface area contributed by atoms with Gasteiger partial charge >= 0.3 is 41.8 Å². The van der Waals surface area contributed by atoms with Crippen molar-refractivity contribution in [2.24, 2.45) is 0 Å². The molecule has 0 saturated carbocycles. The lowest BCUT2D eigenvalue weighted by Crippen LogP contribution is -2.40. The van der Waals surface area contributed by atoms with E-state index in [0.717, 1.165) is 6.42 Å². The standard InChI is InChI=1S/C40H66O17/c1-11-13-40-49-23(3)14-32(57-40)16-34(51-25(5)42)18-36(53-27(7)44)20-38(55-29(9)46)22-39(56-30(10)47)21-37(54-28(8)45)19-35(52-26(6)43)17-33(50-24(4)41)15-31(48)12-2/h23,31-40,48H,11-22H2,1-10H3. The molecular formula is C40H66O17. The summed E-state index contributed by atoms with van der Waals surface area (Å²) in [6, 6.07) is 0. The molecule has 0 amide bonds. The summed E-state index contributed by atoms with van der Waals surface area (Å²) in [6.45, 7) is 14.1. The van der Waals surface area contributed by atoms with Crippen molar-refractivity contribution in [2.45, 2.75) is 214 Å². The van der Waals surface area contributed by atoms with E-state index in [9.17, 15) is 38.7 Å². The lowest BCUT2D eigenvalue weighted by Gasteiger charge is -2.36. The third-order valence-corrected chi connectivity index (χ3v) is 8.86. The zero-order valence-corrected chi connectivity index (χ0v) is 35.3. The van der Waals surface area contributed by atoms with Crippen molar-refractivity contribution < 1.29 is 81.3 Å². The number of hydrogen-bond donors (Lipinski definition) is 1. The first-order chi connectivity index (χ1) is 26.7. The van der Waals surface area contributed by atoms with Crippen LogP contribution in [-0.2, 0) is 76.2 Å². The smallest absolute Gasteiger partial charge is 0.302 e. The van der Waals surface area contributed by atoms with Gasteiger partial charge in [0.25, 0.3) is 0 Å². The summed E-state index contributed by atoms with van der Waals surface area (Å²) >= 11 is 0. The summed E-state index contributed by atoms with van der Waals surface area (Å²) in [7, 11) is 0. The average Bonchev–Trinajstić information content (AvgIpc) is 3.02. The van der Waals surface area contributed by atoms with Gasteiger partial charge in [0, 0.05) is 99.8 Å². The maximum atomic E-state index is 12.4. The summed E-state index contributed by atoms with van der Waals surface area (Å²) in [5.41, 5.74) is 0. The fraction of sp³-hybridized carbons (Fsp3) is 0.825. The van der Waals surface area contributed by atoms with Gasteiger partial charge in [0.15, 0.2) is 6.29 Å². The lowest BCUT2D eigenvalue weighted by molar-refractivity contribution is -0.246. The predicted molar refractivity (Wildman–Crippen MR) is 201 cm³/mol. The SMILES string of the molecule is CCCC1OC(C)CC(CC(CC(CC(CC(CC(CC(CC(CC(O)CC)OC(C)=O)OC(C)=O)OC(C)=O)OC(C)=O)OC(C)=O)OC(C)=O)OC(C)=O)O1. The second-order valence-corrected chi connectivity index (χ2v) is 14.7. The fourth-order valence-corrected chi connectivity index (χ4v) is 7.02. The first-order valence-electron chi connectivity index (χ1n) is 19.9. The van der Waals surface area contributed by atoms with E-state index in [1.54, 1.807) is 6.92 Å². The normalized spacial score (nSPS) is 20.9. The summed E-state index contributed by atoms with van der Waals surface area (Å²) < 4.78 is 51.2. The zero-order chi connectivity index (χ0) is 43.2. The maximum absolute atomic E-state index is 12.4. The topological polar surface area (TPSA) is 223 Å². The minimum Gasteiger partial charge on any atom is -0.462 e. The van der Waals surface area contributed by atoms with E-state index in [0.29, 0.717) is 19.3 Å². The molecule has 0 aromatic heterocycles. The Morgan fingerprint density at radius 3 is 1.11 bits per heavy atom. The van der Waals surface area contributed by atoms with E-state index in [2.05, 4.69) is 0 Å². The third kappa shape index (κ3) is 24.5. The van der Waals surface area contributed by atoms with Crippen LogP contribution in [0.5, 0.6) is 0 Å². The molecule has 1 N–H and O–H groups in total. The summed E-state index contributed by atoms with van der Waals surface area (Å²) in [5, 5.41) is 10.3. The van der Waals surface area contributed by atoms with Crippen LogP contribution in [0, 0.1) is 0 Å². The lowest BCUT2D eigenvalue weighted by atomic mass is 9.94. The van der Waals surface area contributed by atoms with Gasteiger partial charge < -0.3 is 47.7 Å². The number of aliphatic hydroxyl groups excluding tert-OH is 1. The van der Waals surface area contributed by atoms with Crippen molar-refractivity contribution in [3.8, 4) is 0 Å². The van der Waals surface area contributed by atoms with Crippen molar-refractivity contribution in [3.63, 3.8) is 0 Å². The van der Waals surface area contributed by atoms with E-state index in [-0.39, 0.29) is 63.6 Å². The van der Waals surface area contributed by atoms with Crippen LogP contribution in [0.2, 0.25) is 0 Å². The molecule has 328 valence electrons. The van der Waals surface area contributed by atoms with Gasteiger partial charge in [-0.1, -0.05) is 20.3 Å². The Labute approximate surface area is 336 Å². The molecule has 1 heterocycles. The number of esters is 7. The Morgan fingerprint density at radius 1 is 0.509 bits per heavy atom. The monoisotopic (exact) mass is 818 g/mol. The van der Waals surface area contributed by atoms with E-state index >= 15 is 0 Å². The summed E-state index contributed by atoms with van der Waals surface area (Å²) in [6.07, 6.45) is -5.92. The van der Waals surface area contributed by atoms with Crippen LogP contribution >= 0.6 is 0 Å². The van der Waals surface area contributed by atoms with Crippen LogP contribution in [0.3, 0.4) is 0 Å². The number of hydrogen-bond acceptors (Lipinski definition) is 17. The van der Waals surface area contributed by atoms with E-state index in [1.807, 2.05) is 13.8 Å². The van der Waals surface area contributed by atoms with Gasteiger partial charge in [0.1, 0.15) is 42.7 Å². The highest BCUT2D eigenvalue weighted by molar-refractivity contribution is 5.68. The van der Waals surface area contributed by atoms with Crippen molar-refractivity contribution in [1.82, 2.24) is 0 Å². The molecule has 17 heteroatoms. The molecule has 11 atom stereocenters. The molecule has 11 unspecified atom stereocenters. The zero-order valence-electron chi connectivity index (χ0n) is 35.3. The highest BCUT2D eigenvalue weighted by Gasteiger charge is 2.35. The highest BCUT2D eigenvalue weighted by atomic mass is 16.7. The Hall–Kier alpha value is -3.83. The Morgan fingerprint density at radius 2 is 0.807 bits per heavy atom. The van der Waals surface area contributed by atoms with Gasteiger partial charge in [0.05, 0.1) is 18.3 Å². The van der Waals surface area contributed by atoms with Crippen molar-refractivity contribution >= 4 is 41.8 Å². The highest BCUT2D eigenvalue weighted by Crippen LogP contribution is 2.29. The molecule has 1 rings (SSSR count). The van der Waals surface area contributed by atoms with E-state index < -0.39 is 96.9 Å². The summed E-state index contributed by atoms with van der Waals surface area (Å²) in [5.74, 6) is -4.51. The number of ether oxygens (including phenoxy) is 9. The van der Waals surface area contributed by atoms with Gasteiger partial charge in [-0.25, -0.2) is 0 Å². The molecule has 1 aliphatic heterocycles. The second-order valence-electron chi connectivity index (χ2n) is 14.7. The maximum Gasteiger partial charge on any atom is 0.302 e. The van der Waals surface area contributed by atoms with Crippen LogP contribution in [0.1, 0.15) is 146 Å². The minimum absolute atomic E-state index is 0.0269. The second kappa shape index (κ2) is 27.0. The Bertz CT molecular complexity index is 1290. The molecule has 0 bridgehead atoms. The summed E-state index contributed by atoms with van der Waals surface area (Å²) in [4.78, 5) is 85.7. The first kappa shape index (κ1) is 51.2.